The quantitative estimate of drug-likeness (QED) is 0.773. The summed E-state index contributed by atoms with van der Waals surface area (Å²) < 4.78 is 0. The molecular formula is C14H26N2O. The van der Waals surface area contributed by atoms with E-state index in [1.54, 1.807) is 0 Å². The van der Waals surface area contributed by atoms with E-state index in [0.717, 1.165) is 25.7 Å². The van der Waals surface area contributed by atoms with Crippen LogP contribution in [0.3, 0.4) is 0 Å². The monoisotopic (exact) mass is 238 g/mol. The van der Waals surface area contributed by atoms with Gasteiger partial charge in [0, 0.05) is 18.0 Å². The first kappa shape index (κ1) is 12.9. The van der Waals surface area contributed by atoms with Gasteiger partial charge in [0.2, 0.25) is 5.91 Å². The van der Waals surface area contributed by atoms with Gasteiger partial charge < -0.3 is 11.1 Å². The Morgan fingerprint density at radius 1 is 1.18 bits per heavy atom. The first-order chi connectivity index (χ1) is 7.76. The molecule has 0 bridgehead atoms. The standard InChI is InChI=1S/C14H26N2O/c1-13(2)12(14(13,3)4)16-11(17)9-6-5-7-10(15)8-9/h9-10,12H,5-8,15H2,1-4H3,(H,16,17). The second-order valence-corrected chi connectivity index (χ2v) is 7.01. The molecule has 2 aliphatic rings. The number of rotatable bonds is 2. The number of hydrogen-bond donors (Lipinski definition) is 2. The third kappa shape index (κ3) is 2.10. The van der Waals surface area contributed by atoms with Crippen molar-refractivity contribution in [3.63, 3.8) is 0 Å². The van der Waals surface area contributed by atoms with E-state index in [0.29, 0.717) is 6.04 Å². The van der Waals surface area contributed by atoms with E-state index in [4.69, 9.17) is 5.73 Å². The topological polar surface area (TPSA) is 55.1 Å². The number of carbonyl (C=O) groups excluding carboxylic acids is 1. The first-order valence-corrected chi connectivity index (χ1v) is 6.83. The molecule has 98 valence electrons. The Balaban J connectivity index is 1.90. The summed E-state index contributed by atoms with van der Waals surface area (Å²) in [6.07, 6.45) is 4.04. The minimum absolute atomic E-state index is 0.144. The maximum atomic E-state index is 12.2. The summed E-state index contributed by atoms with van der Waals surface area (Å²) in [4.78, 5) is 12.2. The van der Waals surface area contributed by atoms with E-state index in [1.165, 1.54) is 0 Å². The van der Waals surface area contributed by atoms with Crippen molar-refractivity contribution in [1.82, 2.24) is 5.32 Å². The van der Waals surface area contributed by atoms with Gasteiger partial charge >= 0.3 is 0 Å². The summed E-state index contributed by atoms with van der Waals surface area (Å²) in [5, 5.41) is 3.23. The van der Waals surface area contributed by atoms with Crippen LogP contribution in [0.2, 0.25) is 0 Å². The maximum absolute atomic E-state index is 12.2. The van der Waals surface area contributed by atoms with Gasteiger partial charge in [0.1, 0.15) is 0 Å². The fraction of sp³-hybridized carbons (Fsp3) is 0.929. The van der Waals surface area contributed by atoms with Crippen LogP contribution in [0.4, 0.5) is 0 Å². The molecule has 0 saturated heterocycles. The normalized spacial score (nSPS) is 35.4. The highest BCUT2D eigenvalue weighted by Gasteiger charge is 2.65. The van der Waals surface area contributed by atoms with Crippen LogP contribution in [-0.4, -0.2) is 18.0 Å². The zero-order valence-electron chi connectivity index (χ0n) is 11.5. The minimum atomic E-state index is 0.144. The summed E-state index contributed by atoms with van der Waals surface area (Å²) in [5.41, 5.74) is 6.38. The predicted molar refractivity (Wildman–Crippen MR) is 69.4 cm³/mol. The van der Waals surface area contributed by atoms with Crippen molar-refractivity contribution in [3.05, 3.63) is 0 Å². The lowest BCUT2D eigenvalue weighted by molar-refractivity contribution is -0.126. The molecule has 3 nitrogen and oxygen atoms in total. The molecule has 0 heterocycles. The molecule has 0 radical (unpaired) electrons. The fourth-order valence-electron chi connectivity index (χ4n) is 3.28. The van der Waals surface area contributed by atoms with Crippen molar-refractivity contribution in [2.24, 2.45) is 22.5 Å². The largest absolute Gasteiger partial charge is 0.352 e. The van der Waals surface area contributed by atoms with Crippen LogP contribution in [0.1, 0.15) is 53.4 Å². The molecule has 2 fully saturated rings. The maximum Gasteiger partial charge on any atom is 0.223 e. The predicted octanol–water partition coefficient (Wildman–Crippen LogP) is 2.05. The Labute approximate surface area is 105 Å². The summed E-state index contributed by atoms with van der Waals surface area (Å²) in [6.45, 7) is 8.91. The molecule has 2 unspecified atom stereocenters. The third-order valence-corrected chi connectivity index (χ3v) is 5.39. The lowest BCUT2D eigenvalue weighted by Gasteiger charge is -2.26. The molecule has 0 aliphatic heterocycles. The number of amides is 1. The summed E-state index contributed by atoms with van der Waals surface area (Å²) in [6, 6.07) is 0.542. The lowest BCUT2D eigenvalue weighted by atomic mass is 9.85. The highest BCUT2D eigenvalue weighted by atomic mass is 16.2. The SMILES string of the molecule is CC1(C)C(NC(=O)C2CCCC(N)C2)C1(C)C. The Morgan fingerprint density at radius 3 is 2.24 bits per heavy atom. The van der Waals surface area contributed by atoms with Gasteiger partial charge in [0.25, 0.3) is 0 Å². The van der Waals surface area contributed by atoms with Gasteiger partial charge in [-0.2, -0.15) is 0 Å². The van der Waals surface area contributed by atoms with Crippen LogP contribution in [0.25, 0.3) is 0 Å². The zero-order chi connectivity index (χ0) is 12.8. The van der Waals surface area contributed by atoms with E-state index in [2.05, 4.69) is 33.0 Å². The molecule has 1 amide bonds. The van der Waals surface area contributed by atoms with Crippen LogP contribution >= 0.6 is 0 Å². The van der Waals surface area contributed by atoms with Crippen molar-refractivity contribution in [2.75, 3.05) is 0 Å². The van der Waals surface area contributed by atoms with E-state index in [-0.39, 0.29) is 28.7 Å². The van der Waals surface area contributed by atoms with Gasteiger partial charge in [0.05, 0.1) is 0 Å². The summed E-state index contributed by atoms with van der Waals surface area (Å²) >= 11 is 0. The molecular weight excluding hydrogens is 212 g/mol. The number of hydrogen-bond acceptors (Lipinski definition) is 2. The molecule has 0 spiro atoms. The average molecular weight is 238 g/mol. The van der Waals surface area contributed by atoms with Crippen LogP contribution in [0.15, 0.2) is 0 Å². The molecule has 3 N–H and O–H groups in total. The summed E-state index contributed by atoms with van der Waals surface area (Å²) in [7, 11) is 0. The Morgan fingerprint density at radius 2 is 1.76 bits per heavy atom. The second kappa shape index (κ2) is 3.98. The molecule has 0 aromatic carbocycles. The Hall–Kier alpha value is -0.570. The lowest BCUT2D eigenvalue weighted by Crippen LogP contribution is -2.40. The molecule has 3 heteroatoms. The van der Waals surface area contributed by atoms with Gasteiger partial charge in [-0.3, -0.25) is 4.79 Å². The Kier molecular flexibility index (Phi) is 3.01. The van der Waals surface area contributed by atoms with Gasteiger partial charge in [-0.25, -0.2) is 0 Å². The average Bonchev–Trinajstić information content (AvgIpc) is 2.61. The van der Waals surface area contributed by atoms with E-state index >= 15 is 0 Å². The number of nitrogens with one attached hydrogen (secondary N) is 1. The van der Waals surface area contributed by atoms with Gasteiger partial charge in [0.15, 0.2) is 0 Å². The van der Waals surface area contributed by atoms with Crippen LogP contribution < -0.4 is 11.1 Å². The highest BCUT2D eigenvalue weighted by Crippen LogP contribution is 2.62. The van der Waals surface area contributed by atoms with E-state index < -0.39 is 0 Å². The first-order valence-electron chi connectivity index (χ1n) is 6.83. The van der Waals surface area contributed by atoms with Crippen molar-refractivity contribution < 1.29 is 4.79 Å². The molecule has 0 aromatic heterocycles. The smallest absolute Gasteiger partial charge is 0.223 e. The second-order valence-electron chi connectivity index (χ2n) is 7.01. The molecule has 17 heavy (non-hydrogen) atoms. The highest BCUT2D eigenvalue weighted by molar-refractivity contribution is 5.79. The van der Waals surface area contributed by atoms with Crippen LogP contribution in [0.5, 0.6) is 0 Å². The third-order valence-electron chi connectivity index (χ3n) is 5.39. The van der Waals surface area contributed by atoms with Crippen LogP contribution in [-0.2, 0) is 4.79 Å². The van der Waals surface area contributed by atoms with Crippen molar-refractivity contribution in [1.29, 1.82) is 0 Å². The molecule has 0 aromatic rings. The fourth-order valence-corrected chi connectivity index (χ4v) is 3.28. The molecule has 2 aliphatic carbocycles. The van der Waals surface area contributed by atoms with Gasteiger partial charge in [-0.1, -0.05) is 34.1 Å². The van der Waals surface area contributed by atoms with Gasteiger partial charge in [-0.05, 0) is 30.1 Å². The van der Waals surface area contributed by atoms with Crippen molar-refractivity contribution in [3.8, 4) is 0 Å². The molecule has 2 saturated carbocycles. The van der Waals surface area contributed by atoms with E-state index in [9.17, 15) is 4.79 Å². The minimum Gasteiger partial charge on any atom is -0.352 e. The number of nitrogens with two attached hydrogens (primary N) is 1. The van der Waals surface area contributed by atoms with Crippen molar-refractivity contribution >= 4 is 5.91 Å². The number of carbonyl (C=O) groups is 1. The molecule has 2 rings (SSSR count). The zero-order valence-corrected chi connectivity index (χ0v) is 11.5. The molecule has 2 atom stereocenters. The summed E-state index contributed by atoms with van der Waals surface area (Å²) in [5.74, 6) is 0.370. The van der Waals surface area contributed by atoms with Gasteiger partial charge in [-0.15, -0.1) is 0 Å². The van der Waals surface area contributed by atoms with Crippen LogP contribution in [0, 0.1) is 16.7 Å². The van der Waals surface area contributed by atoms with Crippen molar-refractivity contribution in [2.45, 2.75) is 65.5 Å². The Bertz CT molecular complexity index is 308. The van der Waals surface area contributed by atoms with E-state index in [1.807, 2.05) is 0 Å².